The molecule has 0 aliphatic rings. The summed E-state index contributed by atoms with van der Waals surface area (Å²) in [5.74, 6) is 0. The molecule has 2 N–H and O–H groups in total. The van der Waals surface area contributed by atoms with E-state index < -0.39 is 22.7 Å². The van der Waals surface area contributed by atoms with Crippen LogP contribution in [0.1, 0.15) is 17.4 Å². The van der Waals surface area contributed by atoms with E-state index in [2.05, 4.69) is 5.32 Å². The number of hydrogen-bond donors (Lipinski definition) is 2. The number of sulfonamides is 1. The molecule has 9 heteroatoms. The lowest BCUT2D eigenvalue weighted by Gasteiger charge is -2.11. The molecule has 1 aromatic heterocycles. The van der Waals surface area contributed by atoms with Gasteiger partial charge in [0.25, 0.3) is 0 Å². The van der Waals surface area contributed by atoms with E-state index in [-0.39, 0.29) is 4.90 Å². The Morgan fingerprint density at radius 1 is 1.37 bits per heavy atom. The zero-order valence-electron chi connectivity index (χ0n) is 10.5. The number of alkyl halides is 3. The fraction of sp³-hybridized carbons (Fsp3) is 0.600. The van der Waals surface area contributed by atoms with Crippen molar-refractivity contribution in [3.05, 3.63) is 15.8 Å². The van der Waals surface area contributed by atoms with Crippen molar-refractivity contribution in [2.24, 2.45) is 0 Å². The van der Waals surface area contributed by atoms with E-state index in [0.717, 1.165) is 0 Å². The summed E-state index contributed by atoms with van der Waals surface area (Å²) in [4.78, 5) is 0.455. The van der Waals surface area contributed by atoms with Crippen molar-refractivity contribution in [3.63, 3.8) is 0 Å². The predicted molar refractivity (Wildman–Crippen MR) is 67.7 cm³/mol. The highest BCUT2D eigenvalue weighted by Crippen LogP contribution is 2.27. The van der Waals surface area contributed by atoms with Crippen molar-refractivity contribution in [1.82, 2.24) is 10.0 Å². The van der Waals surface area contributed by atoms with Crippen LogP contribution in [-0.2, 0) is 16.6 Å². The normalized spacial score (nSPS) is 12.9. The van der Waals surface area contributed by atoms with Crippen LogP contribution < -0.4 is 10.0 Å². The van der Waals surface area contributed by atoms with Crippen molar-refractivity contribution < 1.29 is 21.6 Å². The maximum atomic E-state index is 12.1. The summed E-state index contributed by atoms with van der Waals surface area (Å²) in [6, 6.07) is 0. The zero-order valence-corrected chi connectivity index (χ0v) is 12.1. The quantitative estimate of drug-likeness (QED) is 0.844. The fourth-order valence-electron chi connectivity index (χ4n) is 1.46. The van der Waals surface area contributed by atoms with Gasteiger partial charge in [-0.2, -0.15) is 13.2 Å². The van der Waals surface area contributed by atoms with Crippen molar-refractivity contribution in [3.8, 4) is 0 Å². The molecule has 1 aromatic rings. The van der Waals surface area contributed by atoms with E-state index in [1.165, 1.54) is 11.3 Å². The lowest BCUT2D eigenvalue weighted by Crippen LogP contribution is -2.34. The Morgan fingerprint density at radius 2 is 2.00 bits per heavy atom. The molecule has 0 aliphatic heterocycles. The number of rotatable bonds is 6. The third kappa shape index (κ3) is 4.75. The fourth-order valence-corrected chi connectivity index (χ4v) is 4.25. The lowest BCUT2D eigenvalue weighted by molar-refractivity contribution is -0.121. The van der Waals surface area contributed by atoms with Crippen LogP contribution in [0.4, 0.5) is 13.2 Å². The maximum Gasteiger partial charge on any atom is 0.402 e. The molecule has 0 saturated heterocycles. The van der Waals surface area contributed by atoms with Crippen LogP contribution in [0.15, 0.2) is 10.3 Å². The van der Waals surface area contributed by atoms with Gasteiger partial charge in [-0.15, -0.1) is 11.3 Å². The first-order valence-corrected chi connectivity index (χ1v) is 7.87. The van der Waals surface area contributed by atoms with Crippen molar-refractivity contribution in [2.45, 2.75) is 31.5 Å². The van der Waals surface area contributed by atoms with Crippen LogP contribution in [0.2, 0.25) is 0 Å². The van der Waals surface area contributed by atoms with Crippen LogP contribution in [0, 0.1) is 6.92 Å². The molecule has 0 unspecified atom stereocenters. The first kappa shape index (κ1) is 16.4. The third-order valence-electron chi connectivity index (χ3n) is 2.26. The molecule has 0 bridgehead atoms. The summed E-state index contributed by atoms with van der Waals surface area (Å²) in [5, 5.41) is 4.58. The standard InChI is InChI=1S/C10H15F3N2O2S2/c1-3-14-4-8-9(7(2)5-18-8)19(16,17)15-6-10(11,12)13/h5,14-15H,3-4,6H2,1-2H3. The van der Waals surface area contributed by atoms with Crippen molar-refractivity contribution in [2.75, 3.05) is 13.1 Å². The Morgan fingerprint density at radius 3 is 2.53 bits per heavy atom. The minimum Gasteiger partial charge on any atom is -0.312 e. The SMILES string of the molecule is CCNCc1scc(C)c1S(=O)(=O)NCC(F)(F)F. The van der Waals surface area contributed by atoms with Crippen molar-refractivity contribution >= 4 is 21.4 Å². The van der Waals surface area contributed by atoms with Crippen LogP contribution in [0.5, 0.6) is 0 Å². The average Bonchev–Trinajstić information content (AvgIpc) is 2.65. The van der Waals surface area contributed by atoms with Gasteiger partial charge in [-0.25, -0.2) is 13.1 Å². The second-order valence-electron chi connectivity index (χ2n) is 3.89. The van der Waals surface area contributed by atoms with Gasteiger partial charge in [0.1, 0.15) is 11.4 Å². The number of nitrogens with one attached hydrogen (secondary N) is 2. The minimum atomic E-state index is -4.57. The molecule has 0 fully saturated rings. The van der Waals surface area contributed by atoms with Gasteiger partial charge in [-0.3, -0.25) is 0 Å². The van der Waals surface area contributed by atoms with E-state index in [4.69, 9.17) is 0 Å². The summed E-state index contributed by atoms with van der Waals surface area (Å²) in [6.07, 6.45) is -4.57. The van der Waals surface area contributed by atoms with Crippen LogP contribution in [0.3, 0.4) is 0 Å². The lowest BCUT2D eigenvalue weighted by atomic mass is 10.3. The third-order valence-corrected chi connectivity index (χ3v) is 5.12. The van der Waals surface area contributed by atoms with E-state index in [0.29, 0.717) is 23.5 Å². The van der Waals surface area contributed by atoms with E-state index >= 15 is 0 Å². The van der Waals surface area contributed by atoms with Gasteiger partial charge in [0.15, 0.2) is 0 Å². The molecule has 1 heterocycles. The number of aryl methyl sites for hydroxylation is 1. The van der Waals surface area contributed by atoms with Gasteiger partial charge in [0.05, 0.1) is 0 Å². The summed E-state index contributed by atoms with van der Waals surface area (Å²) in [7, 11) is -4.14. The first-order valence-electron chi connectivity index (χ1n) is 5.51. The van der Waals surface area contributed by atoms with Gasteiger partial charge in [-0.05, 0) is 24.4 Å². The molecule has 0 spiro atoms. The molecule has 19 heavy (non-hydrogen) atoms. The van der Waals surface area contributed by atoms with Crippen LogP contribution >= 0.6 is 11.3 Å². The second-order valence-corrected chi connectivity index (χ2v) is 6.56. The van der Waals surface area contributed by atoms with Gasteiger partial charge in [-0.1, -0.05) is 6.92 Å². The van der Waals surface area contributed by atoms with Crippen molar-refractivity contribution in [1.29, 1.82) is 0 Å². The van der Waals surface area contributed by atoms with Crippen LogP contribution in [-0.4, -0.2) is 27.7 Å². The number of halogens is 3. The molecule has 110 valence electrons. The first-order chi connectivity index (χ1) is 8.67. The molecule has 1 rings (SSSR count). The highest BCUT2D eigenvalue weighted by atomic mass is 32.2. The Bertz CT molecular complexity index is 523. The number of hydrogen-bond acceptors (Lipinski definition) is 4. The zero-order chi connectivity index (χ0) is 14.7. The Balaban J connectivity index is 2.97. The monoisotopic (exact) mass is 316 g/mol. The summed E-state index contributed by atoms with van der Waals surface area (Å²) < 4.78 is 61.7. The smallest absolute Gasteiger partial charge is 0.312 e. The average molecular weight is 316 g/mol. The maximum absolute atomic E-state index is 12.1. The number of thiophene rings is 1. The van der Waals surface area contributed by atoms with Crippen LogP contribution in [0.25, 0.3) is 0 Å². The minimum absolute atomic E-state index is 0.0531. The molecule has 4 nitrogen and oxygen atoms in total. The second kappa shape index (κ2) is 6.21. The molecule has 0 atom stereocenters. The Labute approximate surface area is 114 Å². The highest BCUT2D eigenvalue weighted by molar-refractivity contribution is 7.89. The van der Waals surface area contributed by atoms with Gasteiger partial charge in [0, 0.05) is 11.4 Å². The topological polar surface area (TPSA) is 58.2 Å². The van der Waals surface area contributed by atoms with E-state index in [1.54, 1.807) is 17.0 Å². The van der Waals surface area contributed by atoms with Gasteiger partial charge in [0.2, 0.25) is 10.0 Å². The Kier molecular flexibility index (Phi) is 5.36. The molecule has 0 amide bonds. The van der Waals surface area contributed by atoms with Gasteiger partial charge >= 0.3 is 6.18 Å². The van der Waals surface area contributed by atoms with E-state index in [1.807, 2.05) is 6.92 Å². The largest absolute Gasteiger partial charge is 0.402 e. The summed E-state index contributed by atoms with van der Waals surface area (Å²) in [5.41, 5.74) is 0.451. The molecule has 0 aromatic carbocycles. The summed E-state index contributed by atoms with van der Waals surface area (Å²) >= 11 is 1.21. The highest BCUT2D eigenvalue weighted by Gasteiger charge is 2.31. The molecule has 0 aliphatic carbocycles. The van der Waals surface area contributed by atoms with Gasteiger partial charge < -0.3 is 5.32 Å². The molecule has 0 radical (unpaired) electrons. The predicted octanol–water partition coefficient (Wildman–Crippen LogP) is 2.01. The Hall–Kier alpha value is -0.640. The molecular formula is C10H15F3N2O2S2. The van der Waals surface area contributed by atoms with E-state index in [9.17, 15) is 21.6 Å². The summed E-state index contributed by atoms with van der Waals surface area (Å²) in [6.45, 7) is 2.82. The molecule has 0 saturated carbocycles. The molecular weight excluding hydrogens is 301 g/mol.